The monoisotopic (exact) mass is 346 g/mol. The number of halogens is 1. The normalized spacial score (nSPS) is 10.1. The first kappa shape index (κ1) is 17.8. The van der Waals surface area contributed by atoms with Gasteiger partial charge >= 0.3 is 5.97 Å². The average Bonchev–Trinajstić information content (AvgIpc) is 2.58. The van der Waals surface area contributed by atoms with Crippen molar-refractivity contribution >= 4 is 29.2 Å². The average molecular weight is 347 g/mol. The summed E-state index contributed by atoms with van der Waals surface area (Å²) in [5, 5.41) is 3.24. The molecule has 1 N–H and O–H groups in total. The van der Waals surface area contributed by atoms with Gasteiger partial charge in [0.1, 0.15) is 0 Å². The third kappa shape index (κ3) is 5.28. The van der Waals surface area contributed by atoms with E-state index in [2.05, 4.69) is 5.32 Å². The number of anilines is 1. The fourth-order valence-corrected chi connectivity index (χ4v) is 2.09. The number of carbonyl (C=O) groups is 2. The molecule has 2 rings (SSSR count). The Bertz CT molecular complexity index is 697. The van der Waals surface area contributed by atoms with Crippen LogP contribution >= 0.6 is 11.6 Å². The maximum Gasteiger partial charge on any atom is 0.338 e. The summed E-state index contributed by atoms with van der Waals surface area (Å²) in [6, 6.07) is 14.1. The predicted molar refractivity (Wildman–Crippen MR) is 94.4 cm³/mol. The lowest BCUT2D eigenvalue weighted by atomic mass is 10.2. The molecule has 24 heavy (non-hydrogen) atoms. The lowest BCUT2D eigenvalue weighted by molar-refractivity contribution is -0.124. The van der Waals surface area contributed by atoms with Gasteiger partial charge in [-0.15, -0.1) is 0 Å². The SMILES string of the molecule is CN(C)c1ccc(CNC(=O)COC(=O)c2ccc(Cl)cc2)cc1. The van der Waals surface area contributed by atoms with E-state index in [9.17, 15) is 9.59 Å². The van der Waals surface area contributed by atoms with E-state index in [1.807, 2.05) is 43.3 Å². The van der Waals surface area contributed by atoms with Crippen LogP contribution in [0.2, 0.25) is 5.02 Å². The summed E-state index contributed by atoms with van der Waals surface area (Å²) in [6.07, 6.45) is 0. The maximum atomic E-state index is 11.8. The highest BCUT2D eigenvalue weighted by molar-refractivity contribution is 6.30. The molecule has 0 saturated heterocycles. The van der Waals surface area contributed by atoms with Crippen LogP contribution in [0.5, 0.6) is 0 Å². The molecule has 126 valence electrons. The van der Waals surface area contributed by atoms with Gasteiger partial charge in [-0.3, -0.25) is 4.79 Å². The molecule has 0 aliphatic rings. The van der Waals surface area contributed by atoms with Crippen molar-refractivity contribution in [1.82, 2.24) is 5.32 Å². The van der Waals surface area contributed by atoms with Crippen LogP contribution in [0.15, 0.2) is 48.5 Å². The predicted octanol–water partition coefficient (Wildman–Crippen LogP) is 2.88. The van der Waals surface area contributed by atoms with Crippen LogP contribution in [-0.2, 0) is 16.1 Å². The van der Waals surface area contributed by atoms with Crippen molar-refractivity contribution in [3.8, 4) is 0 Å². The zero-order chi connectivity index (χ0) is 17.5. The number of rotatable bonds is 6. The molecule has 0 spiro atoms. The Balaban J connectivity index is 1.77. The standard InChI is InChI=1S/C18H19ClN2O3/c1-21(2)16-9-3-13(4-10-16)11-20-17(22)12-24-18(23)14-5-7-15(19)8-6-14/h3-10H,11-12H2,1-2H3,(H,20,22). The number of carbonyl (C=O) groups excluding carboxylic acids is 2. The summed E-state index contributed by atoms with van der Waals surface area (Å²) in [5.74, 6) is -0.911. The van der Waals surface area contributed by atoms with Gasteiger partial charge in [0.05, 0.1) is 5.56 Å². The summed E-state index contributed by atoms with van der Waals surface area (Å²) in [6.45, 7) is 0.0578. The molecule has 0 aliphatic heterocycles. The summed E-state index contributed by atoms with van der Waals surface area (Å²) in [5.41, 5.74) is 2.41. The molecular formula is C18H19ClN2O3. The molecule has 0 fully saturated rings. The number of amides is 1. The van der Waals surface area contributed by atoms with Crippen LogP contribution in [0.1, 0.15) is 15.9 Å². The number of esters is 1. The van der Waals surface area contributed by atoms with Crippen molar-refractivity contribution in [2.45, 2.75) is 6.54 Å². The molecule has 6 heteroatoms. The second-order valence-corrected chi connectivity index (χ2v) is 5.86. The van der Waals surface area contributed by atoms with Crippen molar-refractivity contribution < 1.29 is 14.3 Å². The number of ether oxygens (including phenoxy) is 1. The Morgan fingerprint density at radius 1 is 1.04 bits per heavy atom. The third-order valence-electron chi connectivity index (χ3n) is 3.36. The van der Waals surface area contributed by atoms with Gasteiger partial charge in [-0.05, 0) is 42.0 Å². The molecule has 0 atom stereocenters. The number of nitrogens with zero attached hydrogens (tertiary/aromatic N) is 1. The van der Waals surface area contributed by atoms with Gasteiger partial charge in [0.2, 0.25) is 0 Å². The van der Waals surface area contributed by atoms with Gasteiger partial charge in [-0.25, -0.2) is 4.79 Å². The van der Waals surface area contributed by atoms with Gasteiger partial charge in [0.25, 0.3) is 5.91 Å². The molecule has 0 aromatic heterocycles. The van der Waals surface area contributed by atoms with E-state index in [4.69, 9.17) is 16.3 Å². The van der Waals surface area contributed by atoms with E-state index in [0.717, 1.165) is 11.3 Å². The molecule has 0 aliphatic carbocycles. The Kier molecular flexibility index (Phi) is 6.21. The van der Waals surface area contributed by atoms with Crippen LogP contribution in [0.4, 0.5) is 5.69 Å². The molecule has 2 aromatic rings. The van der Waals surface area contributed by atoms with E-state index in [0.29, 0.717) is 17.1 Å². The van der Waals surface area contributed by atoms with Crippen molar-refractivity contribution in [3.05, 3.63) is 64.7 Å². The Morgan fingerprint density at radius 2 is 1.67 bits per heavy atom. The smallest absolute Gasteiger partial charge is 0.338 e. The molecule has 0 bridgehead atoms. The Hall–Kier alpha value is -2.53. The molecule has 0 radical (unpaired) electrons. The van der Waals surface area contributed by atoms with Crippen LogP contribution in [0.25, 0.3) is 0 Å². The second kappa shape index (κ2) is 8.36. The second-order valence-electron chi connectivity index (χ2n) is 5.42. The summed E-state index contributed by atoms with van der Waals surface area (Å²) in [7, 11) is 3.93. The van der Waals surface area contributed by atoms with Crippen LogP contribution < -0.4 is 10.2 Å². The van der Waals surface area contributed by atoms with Crippen LogP contribution in [0, 0.1) is 0 Å². The van der Waals surface area contributed by atoms with Gasteiger partial charge in [-0.2, -0.15) is 0 Å². The molecule has 0 heterocycles. The maximum absolute atomic E-state index is 11.8. The first-order valence-electron chi connectivity index (χ1n) is 7.41. The van der Waals surface area contributed by atoms with E-state index in [1.54, 1.807) is 24.3 Å². The number of hydrogen-bond acceptors (Lipinski definition) is 4. The summed E-state index contributed by atoms with van der Waals surface area (Å²) < 4.78 is 4.97. The molecule has 2 aromatic carbocycles. The minimum atomic E-state index is -0.558. The Labute approximate surface area is 146 Å². The van der Waals surface area contributed by atoms with E-state index >= 15 is 0 Å². The van der Waals surface area contributed by atoms with Crippen molar-refractivity contribution in [1.29, 1.82) is 0 Å². The van der Waals surface area contributed by atoms with E-state index < -0.39 is 5.97 Å². The lowest BCUT2D eigenvalue weighted by Gasteiger charge is -2.13. The number of nitrogens with one attached hydrogen (secondary N) is 1. The highest BCUT2D eigenvalue weighted by atomic mass is 35.5. The molecule has 1 amide bonds. The summed E-state index contributed by atoms with van der Waals surface area (Å²) >= 11 is 5.75. The third-order valence-corrected chi connectivity index (χ3v) is 3.61. The molecule has 0 saturated carbocycles. The first-order valence-corrected chi connectivity index (χ1v) is 7.79. The van der Waals surface area contributed by atoms with Crippen molar-refractivity contribution in [2.24, 2.45) is 0 Å². The van der Waals surface area contributed by atoms with Crippen molar-refractivity contribution in [3.63, 3.8) is 0 Å². The topological polar surface area (TPSA) is 58.6 Å². The minimum Gasteiger partial charge on any atom is -0.452 e. The molecule has 5 nitrogen and oxygen atoms in total. The Morgan fingerprint density at radius 3 is 2.25 bits per heavy atom. The number of hydrogen-bond donors (Lipinski definition) is 1. The fraction of sp³-hybridized carbons (Fsp3) is 0.222. The van der Waals surface area contributed by atoms with E-state index in [-0.39, 0.29) is 12.5 Å². The van der Waals surface area contributed by atoms with Crippen LogP contribution in [0.3, 0.4) is 0 Å². The molecular weight excluding hydrogens is 328 g/mol. The quantitative estimate of drug-likeness (QED) is 0.817. The van der Waals surface area contributed by atoms with Gasteiger partial charge in [0.15, 0.2) is 6.61 Å². The largest absolute Gasteiger partial charge is 0.452 e. The lowest BCUT2D eigenvalue weighted by Crippen LogP contribution is -2.28. The number of benzene rings is 2. The highest BCUT2D eigenvalue weighted by Gasteiger charge is 2.10. The summed E-state index contributed by atoms with van der Waals surface area (Å²) in [4.78, 5) is 25.5. The van der Waals surface area contributed by atoms with E-state index in [1.165, 1.54) is 0 Å². The minimum absolute atomic E-state index is 0.322. The molecule has 0 unspecified atom stereocenters. The van der Waals surface area contributed by atoms with Gasteiger partial charge in [-0.1, -0.05) is 23.7 Å². The van der Waals surface area contributed by atoms with Gasteiger partial charge in [0, 0.05) is 31.4 Å². The van der Waals surface area contributed by atoms with Crippen LogP contribution in [-0.4, -0.2) is 32.6 Å². The zero-order valence-corrected chi connectivity index (χ0v) is 14.3. The highest BCUT2D eigenvalue weighted by Crippen LogP contribution is 2.12. The zero-order valence-electron chi connectivity index (χ0n) is 13.6. The fourth-order valence-electron chi connectivity index (χ4n) is 1.96. The van der Waals surface area contributed by atoms with Gasteiger partial charge < -0.3 is 15.0 Å². The first-order chi connectivity index (χ1) is 11.5. The van der Waals surface area contributed by atoms with Crippen molar-refractivity contribution in [2.75, 3.05) is 25.6 Å².